The van der Waals surface area contributed by atoms with E-state index in [-0.39, 0.29) is 24.5 Å². The molecule has 0 saturated carbocycles. The van der Waals surface area contributed by atoms with Crippen LogP contribution in [0.2, 0.25) is 0 Å². The van der Waals surface area contributed by atoms with E-state index in [0.29, 0.717) is 24.4 Å². The summed E-state index contributed by atoms with van der Waals surface area (Å²) in [6.45, 7) is 3.45. The van der Waals surface area contributed by atoms with Crippen LogP contribution in [-0.4, -0.2) is 50.8 Å². The van der Waals surface area contributed by atoms with Gasteiger partial charge in [-0.15, -0.1) is 0 Å². The first-order valence-corrected chi connectivity index (χ1v) is 11.4. The maximum absolute atomic E-state index is 13.0. The monoisotopic (exact) mass is 437 g/mol. The van der Waals surface area contributed by atoms with Crippen molar-refractivity contribution in [2.24, 2.45) is 0 Å². The Hall–Kier alpha value is -2.90. The number of hydrogen-bond acceptors (Lipinski definition) is 5. The number of carbonyl (C=O) groups is 2. The first kappa shape index (κ1) is 22.3. The third-order valence-corrected chi connectivity index (χ3v) is 5.83. The summed E-state index contributed by atoms with van der Waals surface area (Å²) in [5.74, 6) is -0.389. The number of ether oxygens (including phenoxy) is 2. The van der Waals surface area contributed by atoms with Gasteiger partial charge >= 0.3 is 0 Å². The fraction of sp³-hybridized carbons (Fsp3) is 0.440. The van der Waals surface area contributed by atoms with Crippen LogP contribution in [0.15, 0.2) is 48.5 Å². The van der Waals surface area contributed by atoms with Gasteiger partial charge in [-0.3, -0.25) is 9.59 Å². The molecule has 1 unspecified atom stereocenters. The van der Waals surface area contributed by atoms with Gasteiger partial charge in [0.1, 0.15) is 6.61 Å². The van der Waals surface area contributed by atoms with Crippen molar-refractivity contribution in [2.75, 3.05) is 43.1 Å². The second kappa shape index (κ2) is 11.1. The number of nitrogens with zero attached hydrogens (tertiary/aromatic N) is 1. The van der Waals surface area contributed by atoms with E-state index >= 15 is 0 Å². The number of amides is 2. The van der Waals surface area contributed by atoms with E-state index in [4.69, 9.17) is 9.47 Å². The first-order valence-electron chi connectivity index (χ1n) is 11.4. The average Bonchev–Trinajstić information content (AvgIpc) is 3.53. The standard InChI is InChI=1S/C25H31N3O4/c29-24(18-31-17-19-7-2-1-3-8-19)27-20-10-11-23(28-12-4-5-13-28)22(15-20)25(30)26-16-21-9-6-14-32-21/h1-3,7-8,10-11,15,21H,4-6,9,12-14,16-18H2,(H,26,30)(H,27,29). The van der Waals surface area contributed by atoms with Crippen molar-refractivity contribution in [1.29, 1.82) is 0 Å². The van der Waals surface area contributed by atoms with Crippen molar-refractivity contribution in [3.8, 4) is 0 Å². The van der Waals surface area contributed by atoms with E-state index in [9.17, 15) is 9.59 Å². The van der Waals surface area contributed by atoms with Crippen LogP contribution in [0.1, 0.15) is 41.6 Å². The highest BCUT2D eigenvalue weighted by Gasteiger charge is 2.22. The fourth-order valence-corrected chi connectivity index (χ4v) is 4.17. The number of nitrogens with one attached hydrogen (secondary N) is 2. The summed E-state index contributed by atoms with van der Waals surface area (Å²) in [5, 5.41) is 5.86. The van der Waals surface area contributed by atoms with E-state index in [1.807, 2.05) is 42.5 Å². The van der Waals surface area contributed by atoms with Crippen LogP contribution in [0.4, 0.5) is 11.4 Å². The maximum Gasteiger partial charge on any atom is 0.253 e. The van der Waals surface area contributed by atoms with Crippen LogP contribution in [0.25, 0.3) is 0 Å². The Morgan fingerprint density at radius 3 is 2.62 bits per heavy atom. The van der Waals surface area contributed by atoms with Crippen LogP contribution < -0.4 is 15.5 Å². The zero-order valence-corrected chi connectivity index (χ0v) is 18.3. The predicted molar refractivity (Wildman–Crippen MR) is 124 cm³/mol. The lowest BCUT2D eigenvalue weighted by Gasteiger charge is -2.22. The zero-order chi connectivity index (χ0) is 22.2. The molecule has 7 heteroatoms. The quantitative estimate of drug-likeness (QED) is 0.629. The van der Waals surface area contributed by atoms with Gasteiger partial charge in [0.2, 0.25) is 5.91 Å². The summed E-state index contributed by atoms with van der Waals surface area (Å²) >= 11 is 0. The predicted octanol–water partition coefficient (Wildman–Crippen LogP) is 3.35. The molecule has 4 rings (SSSR count). The van der Waals surface area contributed by atoms with Crippen LogP contribution in [0.3, 0.4) is 0 Å². The lowest BCUT2D eigenvalue weighted by Crippen LogP contribution is -2.33. The summed E-state index contributed by atoms with van der Waals surface area (Å²) in [7, 11) is 0. The summed E-state index contributed by atoms with van der Waals surface area (Å²) in [6, 6.07) is 15.3. The van der Waals surface area contributed by atoms with Gasteiger partial charge in [-0.1, -0.05) is 30.3 Å². The van der Waals surface area contributed by atoms with Crippen molar-refractivity contribution in [1.82, 2.24) is 5.32 Å². The molecule has 2 aliphatic rings. The van der Waals surface area contributed by atoms with Crippen molar-refractivity contribution < 1.29 is 19.1 Å². The topological polar surface area (TPSA) is 79.9 Å². The minimum Gasteiger partial charge on any atom is -0.376 e. The van der Waals surface area contributed by atoms with Crippen molar-refractivity contribution in [2.45, 2.75) is 38.4 Å². The Bertz CT molecular complexity index is 907. The highest BCUT2D eigenvalue weighted by Crippen LogP contribution is 2.28. The normalized spacial score (nSPS) is 18.0. The van der Waals surface area contributed by atoms with Crippen molar-refractivity contribution in [3.63, 3.8) is 0 Å². The van der Waals surface area contributed by atoms with E-state index in [1.165, 1.54) is 0 Å². The molecule has 2 amide bonds. The SMILES string of the molecule is O=C(COCc1ccccc1)Nc1ccc(N2CCCC2)c(C(=O)NCC2CCCO2)c1. The Labute approximate surface area is 189 Å². The van der Waals surface area contributed by atoms with E-state index in [1.54, 1.807) is 6.07 Å². The highest BCUT2D eigenvalue weighted by molar-refractivity contribution is 6.02. The van der Waals surface area contributed by atoms with Crippen LogP contribution in [0, 0.1) is 0 Å². The lowest BCUT2D eigenvalue weighted by atomic mass is 10.1. The smallest absolute Gasteiger partial charge is 0.253 e. The van der Waals surface area contributed by atoms with Gasteiger partial charge in [-0.05, 0) is 49.4 Å². The molecular weight excluding hydrogens is 406 g/mol. The minimum atomic E-state index is -0.249. The highest BCUT2D eigenvalue weighted by atomic mass is 16.5. The second-order valence-electron chi connectivity index (χ2n) is 8.30. The minimum absolute atomic E-state index is 0.0523. The molecule has 7 nitrogen and oxygen atoms in total. The van der Waals surface area contributed by atoms with Crippen LogP contribution >= 0.6 is 0 Å². The molecule has 0 radical (unpaired) electrons. The van der Waals surface area contributed by atoms with Crippen molar-refractivity contribution in [3.05, 3.63) is 59.7 Å². The van der Waals surface area contributed by atoms with Gasteiger partial charge in [0, 0.05) is 37.6 Å². The molecule has 1 atom stereocenters. The molecule has 2 aromatic rings. The molecule has 0 aliphatic carbocycles. The zero-order valence-electron chi connectivity index (χ0n) is 18.3. The molecule has 2 fully saturated rings. The number of rotatable bonds is 9. The third-order valence-electron chi connectivity index (χ3n) is 5.83. The molecule has 2 heterocycles. The summed E-state index contributed by atoms with van der Waals surface area (Å²) < 4.78 is 11.1. The Morgan fingerprint density at radius 1 is 1.06 bits per heavy atom. The molecule has 2 N–H and O–H groups in total. The molecule has 2 saturated heterocycles. The van der Waals surface area contributed by atoms with Crippen molar-refractivity contribution >= 4 is 23.2 Å². The molecule has 0 spiro atoms. The second-order valence-corrected chi connectivity index (χ2v) is 8.30. The maximum atomic E-state index is 13.0. The van der Waals surface area contributed by atoms with Gasteiger partial charge in [0.25, 0.3) is 5.91 Å². The number of hydrogen-bond donors (Lipinski definition) is 2. The van der Waals surface area contributed by atoms with Crippen LogP contribution in [0.5, 0.6) is 0 Å². The van der Waals surface area contributed by atoms with Gasteiger partial charge < -0.3 is 25.0 Å². The molecule has 0 aromatic heterocycles. The summed E-state index contributed by atoms with van der Waals surface area (Å²) in [5.41, 5.74) is 3.09. The summed E-state index contributed by atoms with van der Waals surface area (Å²) in [4.78, 5) is 27.6. The number of benzene rings is 2. The lowest BCUT2D eigenvalue weighted by molar-refractivity contribution is -0.121. The Kier molecular flexibility index (Phi) is 7.74. The molecule has 2 aliphatic heterocycles. The third kappa shape index (κ3) is 6.08. The first-order chi connectivity index (χ1) is 15.7. The fourth-order valence-electron chi connectivity index (χ4n) is 4.17. The van der Waals surface area contributed by atoms with Gasteiger partial charge in [0.05, 0.1) is 18.3 Å². The molecule has 32 heavy (non-hydrogen) atoms. The van der Waals surface area contributed by atoms with E-state index < -0.39 is 0 Å². The molecule has 170 valence electrons. The van der Waals surface area contributed by atoms with Gasteiger partial charge in [-0.2, -0.15) is 0 Å². The number of carbonyl (C=O) groups excluding carboxylic acids is 2. The van der Waals surface area contributed by atoms with Crippen LogP contribution in [-0.2, 0) is 20.9 Å². The largest absolute Gasteiger partial charge is 0.376 e. The van der Waals surface area contributed by atoms with E-state index in [2.05, 4.69) is 15.5 Å². The van der Waals surface area contributed by atoms with Gasteiger partial charge in [0.15, 0.2) is 0 Å². The average molecular weight is 438 g/mol. The summed E-state index contributed by atoms with van der Waals surface area (Å²) in [6.07, 6.45) is 4.33. The van der Waals surface area contributed by atoms with E-state index in [0.717, 1.165) is 56.6 Å². The number of anilines is 2. The Morgan fingerprint density at radius 2 is 1.88 bits per heavy atom. The molecule has 0 bridgehead atoms. The Balaban J connectivity index is 1.38. The van der Waals surface area contributed by atoms with Gasteiger partial charge in [-0.25, -0.2) is 0 Å². The molecular formula is C25H31N3O4. The molecule has 2 aromatic carbocycles.